The van der Waals surface area contributed by atoms with E-state index in [2.05, 4.69) is 11.1 Å². The first-order chi connectivity index (χ1) is 12.3. The average Bonchev–Trinajstić information content (AvgIpc) is 2.68. The molecule has 0 aliphatic carbocycles. The van der Waals surface area contributed by atoms with Crippen molar-refractivity contribution in [2.45, 2.75) is 12.8 Å². The number of benzene rings is 1. The van der Waals surface area contributed by atoms with E-state index in [0.717, 1.165) is 24.3 Å². The molecule has 1 aromatic carbocycles. The maximum atomic E-state index is 12.6. The molecule has 2 aromatic rings. The maximum Gasteiger partial charge on any atom is 0.254 e. The molecule has 3 heterocycles. The van der Waals surface area contributed by atoms with Crippen LogP contribution in [0, 0.1) is 5.92 Å². The third-order valence-corrected chi connectivity index (χ3v) is 4.82. The van der Waals surface area contributed by atoms with Crippen LogP contribution in [-0.2, 0) is 17.6 Å². The van der Waals surface area contributed by atoms with Crippen molar-refractivity contribution in [1.29, 1.82) is 0 Å². The molecule has 0 unspecified atom stereocenters. The Morgan fingerprint density at radius 2 is 2.04 bits per heavy atom. The molecule has 0 radical (unpaired) electrons. The number of hydrogen-bond acceptors (Lipinski definition) is 4. The Balaban J connectivity index is 1.44. The second-order valence-electron chi connectivity index (χ2n) is 6.63. The minimum Gasteiger partial charge on any atom is -0.493 e. The molecule has 0 saturated carbocycles. The molecule has 1 saturated heterocycles. The Morgan fingerprint density at radius 1 is 1.20 bits per heavy atom. The minimum absolute atomic E-state index is 0.0668. The molecule has 1 fully saturated rings. The van der Waals surface area contributed by atoms with Gasteiger partial charge in [-0.3, -0.25) is 9.78 Å². The number of aromatic nitrogens is 1. The highest BCUT2D eigenvalue weighted by molar-refractivity contribution is 5.94. The van der Waals surface area contributed by atoms with E-state index in [4.69, 9.17) is 9.47 Å². The Labute approximate surface area is 147 Å². The Bertz CT molecular complexity index is 756. The van der Waals surface area contributed by atoms with Crippen molar-refractivity contribution >= 4 is 5.91 Å². The third-order valence-electron chi connectivity index (χ3n) is 4.82. The summed E-state index contributed by atoms with van der Waals surface area (Å²) in [6, 6.07) is 11.9. The molecule has 2 aliphatic heterocycles. The number of nitrogens with zero attached hydrogens (tertiary/aromatic N) is 2. The van der Waals surface area contributed by atoms with E-state index in [-0.39, 0.29) is 5.91 Å². The zero-order valence-corrected chi connectivity index (χ0v) is 14.2. The highest BCUT2D eigenvalue weighted by Crippen LogP contribution is 2.28. The van der Waals surface area contributed by atoms with Crippen LogP contribution in [0.5, 0.6) is 5.75 Å². The van der Waals surface area contributed by atoms with Gasteiger partial charge in [-0.15, -0.1) is 0 Å². The van der Waals surface area contributed by atoms with E-state index < -0.39 is 0 Å². The van der Waals surface area contributed by atoms with Gasteiger partial charge in [0.2, 0.25) is 0 Å². The van der Waals surface area contributed by atoms with Crippen molar-refractivity contribution in [2.75, 3.05) is 32.9 Å². The molecule has 2 aliphatic rings. The first-order valence-corrected chi connectivity index (χ1v) is 8.82. The summed E-state index contributed by atoms with van der Waals surface area (Å²) in [6.07, 6.45) is 3.54. The van der Waals surface area contributed by atoms with Crippen LogP contribution in [0.4, 0.5) is 0 Å². The molecule has 5 heteroatoms. The lowest BCUT2D eigenvalue weighted by molar-refractivity contribution is 0.0302. The molecular formula is C20H22N2O3. The summed E-state index contributed by atoms with van der Waals surface area (Å²) in [6.45, 7) is 3.23. The molecule has 5 nitrogen and oxygen atoms in total. The van der Waals surface area contributed by atoms with Gasteiger partial charge in [-0.1, -0.05) is 18.2 Å². The molecule has 25 heavy (non-hydrogen) atoms. The number of rotatable bonds is 3. The van der Waals surface area contributed by atoms with E-state index in [1.54, 1.807) is 12.3 Å². The first-order valence-electron chi connectivity index (χ1n) is 8.82. The second-order valence-corrected chi connectivity index (χ2v) is 6.63. The van der Waals surface area contributed by atoms with Gasteiger partial charge in [0, 0.05) is 36.5 Å². The third kappa shape index (κ3) is 3.66. The fourth-order valence-corrected chi connectivity index (χ4v) is 3.49. The molecular weight excluding hydrogens is 316 g/mol. The average molecular weight is 338 g/mol. The van der Waals surface area contributed by atoms with Gasteiger partial charge in [-0.05, 0) is 36.6 Å². The molecule has 0 bridgehead atoms. The van der Waals surface area contributed by atoms with Crippen LogP contribution in [0.25, 0.3) is 0 Å². The van der Waals surface area contributed by atoms with Crippen molar-refractivity contribution in [1.82, 2.24) is 9.88 Å². The van der Waals surface area contributed by atoms with E-state index in [0.29, 0.717) is 44.4 Å². The summed E-state index contributed by atoms with van der Waals surface area (Å²) >= 11 is 0. The van der Waals surface area contributed by atoms with Crippen molar-refractivity contribution in [3.63, 3.8) is 0 Å². The van der Waals surface area contributed by atoms with Gasteiger partial charge in [-0.2, -0.15) is 0 Å². The van der Waals surface area contributed by atoms with Gasteiger partial charge in [0.1, 0.15) is 5.75 Å². The lowest BCUT2D eigenvalue weighted by Crippen LogP contribution is -2.40. The quantitative estimate of drug-likeness (QED) is 0.862. The molecule has 0 spiro atoms. The van der Waals surface area contributed by atoms with E-state index >= 15 is 0 Å². The number of amides is 1. The van der Waals surface area contributed by atoms with Crippen LogP contribution in [0.15, 0.2) is 42.6 Å². The zero-order valence-electron chi connectivity index (χ0n) is 14.2. The number of hydrogen-bond donors (Lipinski definition) is 0. The van der Waals surface area contributed by atoms with Crippen LogP contribution in [0.1, 0.15) is 21.6 Å². The highest BCUT2D eigenvalue weighted by Gasteiger charge is 2.22. The van der Waals surface area contributed by atoms with Crippen molar-refractivity contribution < 1.29 is 14.3 Å². The summed E-state index contributed by atoms with van der Waals surface area (Å²) in [5.74, 6) is 1.44. The fraction of sp³-hybridized carbons (Fsp3) is 0.400. The molecule has 1 aromatic heterocycles. The molecule has 1 atom stereocenters. The van der Waals surface area contributed by atoms with Crippen molar-refractivity contribution in [3.8, 4) is 5.75 Å². The summed E-state index contributed by atoms with van der Waals surface area (Å²) in [4.78, 5) is 18.9. The smallest absolute Gasteiger partial charge is 0.254 e. The normalized spacial score (nSPS) is 19.8. The lowest BCUT2D eigenvalue weighted by Gasteiger charge is -2.27. The number of para-hydroxylation sites is 1. The topological polar surface area (TPSA) is 51.7 Å². The Kier molecular flexibility index (Phi) is 4.65. The van der Waals surface area contributed by atoms with Crippen LogP contribution in [0.2, 0.25) is 0 Å². The number of carbonyl (C=O) groups excluding carboxylic acids is 1. The minimum atomic E-state index is 0.0668. The standard InChI is InChI=1S/C20H22N2O3/c23-20(22-7-9-24-10-8-22)17-5-6-21-18(13-17)12-15-11-16-3-1-2-4-19(16)25-14-15/h1-6,13,15H,7-12,14H2/t15-/m1/s1. The van der Waals surface area contributed by atoms with E-state index in [9.17, 15) is 4.79 Å². The monoisotopic (exact) mass is 338 g/mol. The lowest BCUT2D eigenvalue weighted by atomic mass is 9.92. The van der Waals surface area contributed by atoms with Gasteiger partial charge in [0.25, 0.3) is 5.91 Å². The largest absolute Gasteiger partial charge is 0.493 e. The zero-order chi connectivity index (χ0) is 17.1. The van der Waals surface area contributed by atoms with E-state index in [1.165, 1.54) is 5.56 Å². The van der Waals surface area contributed by atoms with Crippen LogP contribution >= 0.6 is 0 Å². The van der Waals surface area contributed by atoms with Crippen molar-refractivity contribution in [2.24, 2.45) is 5.92 Å². The van der Waals surface area contributed by atoms with Crippen LogP contribution in [-0.4, -0.2) is 48.7 Å². The number of ether oxygens (including phenoxy) is 2. The van der Waals surface area contributed by atoms with Crippen LogP contribution < -0.4 is 4.74 Å². The van der Waals surface area contributed by atoms with Gasteiger partial charge < -0.3 is 14.4 Å². The SMILES string of the molecule is O=C(c1ccnc(C[C@@H]2COc3ccccc3C2)c1)N1CCOCC1. The molecule has 4 rings (SSSR count). The van der Waals surface area contributed by atoms with Gasteiger partial charge >= 0.3 is 0 Å². The number of morpholine rings is 1. The first kappa shape index (κ1) is 16.1. The Hall–Kier alpha value is -2.40. The summed E-state index contributed by atoms with van der Waals surface area (Å²) in [5.41, 5.74) is 2.91. The molecule has 130 valence electrons. The summed E-state index contributed by atoms with van der Waals surface area (Å²) in [7, 11) is 0. The fourth-order valence-electron chi connectivity index (χ4n) is 3.49. The summed E-state index contributed by atoms with van der Waals surface area (Å²) < 4.78 is 11.2. The predicted molar refractivity (Wildman–Crippen MR) is 93.8 cm³/mol. The molecule has 0 N–H and O–H groups in total. The molecule has 1 amide bonds. The number of fused-ring (bicyclic) bond motifs is 1. The number of carbonyl (C=O) groups is 1. The maximum absolute atomic E-state index is 12.6. The number of pyridine rings is 1. The van der Waals surface area contributed by atoms with Gasteiger partial charge in [-0.25, -0.2) is 0 Å². The second kappa shape index (κ2) is 7.23. The van der Waals surface area contributed by atoms with Gasteiger partial charge in [0.05, 0.1) is 19.8 Å². The van der Waals surface area contributed by atoms with Gasteiger partial charge in [0.15, 0.2) is 0 Å². The van der Waals surface area contributed by atoms with Crippen molar-refractivity contribution in [3.05, 3.63) is 59.4 Å². The Morgan fingerprint density at radius 3 is 2.92 bits per heavy atom. The van der Waals surface area contributed by atoms with E-state index in [1.807, 2.05) is 29.2 Å². The summed E-state index contributed by atoms with van der Waals surface area (Å²) in [5, 5.41) is 0. The highest BCUT2D eigenvalue weighted by atomic mass is 16.5. The predicted octanol–water partition coefficient (Wildman–Crippen LogP) is 2.35. The van der Waals surface area contributed by atoms with Crippen LogP contribution in [0.3, 0.4) is 0 Å².